The van der Waals surface area contributed by atoms with Crippen LogP contribution in [0.4, 0.5) is 0 Å². The van der Waals surface area contributed by atoms with E-state index in [2.05, 4.69) is 94.9 Å². The first-order valence-electron chi connectivity index (χ1n) is 4.84. The molecule has 90 valence electrons. The first-order valence-corrected chi connectivity index (χ1v) is 8.95. The molecule has 5 heteroatoms. The maximum Gasteiger partial charge on any atom is 0.0749 e. The van der Waals surface area contributed by atoms with Crippen LogP contribution in [0.15, 0.2) is 37.0 Å². The summed E-state index contributed by atoms with van der Waals surface area (Å²) in [6.07, 6.45) is 0. The highest BCUT2D eigenvalue weighted by Gasteiger charge is 2.16. The summed E-state index contributed by atoms with van der Waals surface area (Å²) in [5.74, 6) is 0. The monoisotopic (exact) mass is 500 g/mol. The second kappa shape index (κ2) is 5.87. The molecule has 0 nitrogen and oxygen atoms in total. The number of hydrogen-bond acceptors (Lipinski definition) is 1. The number of hydrogen-bond donors (Lipinski definition) is 0. The van der Waals surface area contributed by atoms with E-state index in [9.17, 15) is 0 Å². The molecule has 1 aromatic carbocycles. The van der Waals surface area contributed by atoms with Crippen LogP contribution in [0, 0.1) is 6.92 Å². The van der Waals surface area contributed by atoms with Gasteiger partial charge < -0.3 is 0 Å². The zero-order valence-corrected chi connectivity index (χ0v) is 16.0. The summed E-state index contributed by atoms with van der Waals surface area (Å²) in [5, 5.41) is 0. The van der Waals surface area contributed by atoms with Gasteiger partial charge in [0.15, 0.2) is 0 Å². The Morgan fingerprint density at radius 3 is 2.35 bits per heavy atom. The lowest BCUT2D eigenvalue weighted by Gasteiger charge is -2.12. The molecule has 0 saturated heterocycles. The first-order chi connectivity index (χ1) is 7.99. The van der Waals surface area contributed by atoms with Crippen molar-refractivity contribution < 1.29 is 0 Å². The molecular formula is C12H8Br4S. The fourth-order valence-electron chi connectivity index (χ4n) is 1.47. The van der Waals surface area contributed by atoms with Gasteiger partial charge in [0.2, 0.25) is 0 Å². The summed E-state index contributed by atoms with van der Waals surface area (Å²) in [6.45, 7) is 2.09. The van der Waals surface area contributed by atoms with Gasteiger partial charge in [0.05, 0.1) is 8.61 Å². The SMILES string of the molecule is Cc1cc(Br)c(C(Br)c2ccc(Br)s2)cc1Br. The lowest BCUT2D eigenvalue weighted by atomic mass is 10.1. The molecule has 2 rings (SSSR count). The fraction of sp³-hybridized carbons (Fsp3) is 0.167. The van der Waals surface area contributed by atoms with E-state index in [1.807, 2.05) is 0 Å². The minimum atomic E-state index is 0.213. The van der Waals surface area contributed by atoms with Crippen molar-refractivity contribution in [2.24, 2.45) is 0 Å². The standard InChI is InChI=1S/C12H8Br4S/c1-6-4-9(14)7(5-8(6)13)12(16)10-2-3-11(15)17-10/h2-5,12H,1H3. The molecule has 0 fully saturated rings. The molecule has 0 aliphatic carbocycles. The topological polar surface area (TPSA) is 0 Å². The fourth-order valence-corrected chi connectivity index (χ4v) is 5.06. The summed E-state index contributed by atoms with van der Waals surface area (Å²) in [7, 11) is 0. The highest BCUT2D eigenvalue weighted by Crippen LogP contribution is 2.41. The smallest absolute Gasteiger partial charge is 0.0749 e. The van der Waals surface area contributed by atoms with Gasteiger partial charge in [-0.2, -0.15) is 0 Å². The summed E-state index contributed by atoms with van der Waals surface area (Å²) < 4.78 is 3.42. The molecule has 1 atom stereocenters. The van der Waals surface area contributed by atoms with Crippen LogP contribution in [0.5, 0.6) is 0 Å². The Labute approximate surface area is 138 Å². The number of thiophene rings is 1. The normalized spacial score (nSPS) is 12.8. The van der Waals surface area contributed by atoms with Gasteiger partial charge >= 0.3 is 0 Å². The molecule has 1 heterocycles. The largest absolute Gasteiger partial charge is 0.132 e. The van der Waals surface area contributed by atoms with Crippen molar-refractivity contribution >= 4 is 75.1 Å². The van der Waals surface area contributed by atoms with Crippen molar-refractivity contribution in [3.05, 3.63) is 53.0 Å². The summed E-state index contributed by atoms with van der Waals surface area (Å²) in [4.78, 5) is 1.50. The quantitative estimate of drug-likeness (QED) is 0.394. The van der Waals surface area contributed by atoms with E-state index in [0.29, 0.717) is 0 Å². The van der Waals surface area contributed by atoms with E-state index in [1.165, 1.54) is 16.0 Å². The van der Waals surface area contributed by atoms with Gasteiger partial charge in [-0.25, -0.2) is 0 Å². The average molecular weight is 504 g/mol. The minimum absolute atomic E-state index is 0.213. The molecule has 0 saturated carbocycles. The lowest BCUT2D eigenvalue weighted by molar-refractivity contribution is 1.19. The molecule has 0 N–H and O–H groups in total. The summed E-state index contributed by atoms with van der Waals surface area (Å²) >= 11 is 16.2. The zero-order valence-electron chi connectivity index (χ0n) is 8.81. The predicted molar refractivity (Wildman–Crippen MR) is 89.4 cm³/mol. The molecule has 0 amide bonds. The molecular weight excluding hydrogens is 496 g/mol. The van der Waals surface area contributed by atoms with E-state index in [4.69, 9.17) is 0 Å². The van der Waals surface area contributed by atoms with Crippen molar-refractivity contribution in [1.82, 2.24) is 0 Å². The van der Waals surface area contributed by atoms with Gasteiger partial charge in [-0.15, -0.1) is 11.3 Å². The molecule has 1 unspecified atom stereocenters. The Balaban J connectivity index is 2.43. The van der Waals surface area contributed by atoms with Crippen molar-refractivity contribution in [2.45, 2.75) is 11.8 Å². The maximum atomic E-state index is 3.76. The highest BCUT2D eigenvalue weighted by molar-refractivity contribution is 9.11. The maximum absolute atomic E-state index is 3.76. The van der Waals surface area contributed by atoms with Crippen LogP contribution in [0.2, 0.25) is 0 Å². The third-order valence-electron chi connectivity index (χ3n) is 2.39. The third-order valence-corrected chi connectivity index (χ3v) is 6.91. The van der Waals surface area contributed by atoms with E-state index >= 15 is 0 Å². The van der Waals surface area contributed by atoms with Gasteiger partial charge in [0.1, 0.15) is 0 Å². The van der Waals surface area contributed by atoms with Crippen molar-refractivity contribution in [3.63, 3.8) is 0 Å². The highest BCUT2D eigenvalue weighted by atomic mass is 79.9. The Hall–Kier alpha value is 0.840. The third kappa shape index (κ3) is 3.24. The Kier molecular flexibility index (Phi) is 4.92. The van der Waals surface area contributed by atoms with Crippen LogP contribution in [0.3, 0.4) is 0 Å². The zero-order chi connectivity index (χ0) is 12.6. The lowest BCUT2D eigenvalue weighted by Crippen LogP contribution is -1.92. The van der Waals surface area contributed by atoms with Gasteiger partial charge in [-0.1, -0.05) is 47.8 Å². The van der Waals surface area contributed by atoms with Gasteiger partial charge in [0.25, 0.3) is 0 Å². The summed E-state index contributed by atoms with van der Waals surface area (Å²) in [6, 6.07) is 8.50. The molecule has 0 aliphatic rings. The minimum Gasteiger partial charge on any atom is -0.132 e. The Bertz CT molecular complexity index is 547. The summed E-state index contributed by atoms with van der Waals surface area (Å²) in [5.41, 5.74) is 2.46. The molecule has 0 radical (unpaired) electrons. The van der Waals surface area contributed by atoms with E-state index in [-0.39, 0.29) is 4.83 Å². The number of benzene rings is 1. The van der Waals surface area contributed by atoms with E-state index < -0.39 is 0 Å². The van der Waals surface area contributed by atoms with Crippen LogP contribution in [0.25, 0.3) is 0 Å². The second-order valence-corrected chi connectivity index (χ2v) is 8.75. The first kappa shape index (κ1) is 14.3. The van der Waals surface area contributed by atoms with Crippen LogP contribution in [-0.2, 0) is 0 Å². The van der Waals surface area contributed by atoms with Crippen LogP contribution in [0.1, 0.15) is 20.8 Å². The van der Waals surface area contributed by atoms with Gasteiger partial charge in [-0.3, -0.25) is 0 Å². The van der Waals surface area contributed by atoms with Crippen LogP contribution in [-0.4, -0.2) is 0 Å². The molecule has 17 heavy (non-hydrogen) atoms. The Morgan fingerprint density at radius 2 is 1.76 bits per heavy atom. The Morgan fingerprint density at radius 1 is 1.06 bits per heavy atom. The number of alkyl halides is 1. The molecule has 0 aliphatic heterocycles. The molecule has 1 aromatic heterocycles. The molecule has 0 spiro atoms. The van der Waals surface area contributed by atoms with Crippen LogP contribution >= 0.6 is 75.1 Å². The van der Waals surface area contributed by atoms with E-state index in [1.54, 1.807) is 11.3 Å². The van der Waals surface area contributed by atoms with Gasteiger partial charge in [0, 0.05) is 13.8 Å². The van der Waals surface area contributed by atoms with Crippen molar-refractivity contribution in [1.29, 1.82) is 0 Å². The van der Waals surface area contributed by atoms with E-state index in [0.717, 1.165) is 12.7 Å². The van der Waals surface area contributed by atoms with Crippen LogP contribution < -0.4 is 0 Å². The molecule has 2 aromatic rings. The molecule has 0 bridgehead atoms. The van der Waals surface area contributed by atoms with Gasteiger partial charge in [-0.05, 0) is 58.2 Å². The number of aryl methyl sites for hydroxylation is 1. The van der Waals surface area contributed by atoms with Crippen molar-refractivity contribution in [2.75, 3.05) is 0 Å². The number of halogens is 4. The predicted octanol–water partition coefficient (Wildman–Crippen LogP) is 6.83. The average Bonchev–Trinajstić information content (AvgIpc) is 2.69. The second-order valence-electron chi connectivity index (χ2n) is 3.63. The van der Waals surface area contributed by atoms with Crippen molar-refractivity contribution in [3.8, 4) is 0 Å². The number of rotatable bonds is 2.